The summed E-state index contributed by atoms with van der Waals surface area (Å²) in [5.74, 6) is -1.50. The molecule has 1 heterocycles. The quantitative estimate of drug-likeness (QED) is 0.402. The van der Waals surface area contributed by atoms with Gasteiger partial charge < -0.3 is 0 Å². The van der Waals surface area contributed by atoms with Gasteiger partial charge in [0.2, 0.25) is 0 Å². The lowest BCUT2D eigenvalue weighted by atomic mass is 10.2. The highest BCUT2D eigenvalue weighted by Crippen LogP contribution is 2.34. The molecule has 0 aliphatic carbocycles. The molecule has 24 heavy (non-hydrogen) atoms. The Balaban J connectivity index is 1.94. The Hall–Kier alpha value is -1.83. The third kappa shape index (κ3) is 3.19. The van der Waals surface area contributed by atoms with E-state index in [0.29, 0.717) is 10.0 Å². The van der Waals surface area contributed by atoms with Crippen molar-refractivity contribution in [3.05, 3.63) is 74.9 Å². The summed E-state index contributed by atoms with van der Waals surface area (Å²) in [6.45, 7) is 0. The molecule has 1 saturated heterocycles. The molecule has 3 rings (SSSR count). The highest BCUT2D eigenvalue weighted by atomic mass is 79.9. The van der Waals surface area contributed by atoms with Crippen LogP contribution in [-0.2, 0) is 4.79 Å². The Morgan fingerprint density at radius 3 is 2.54 bits per heavy atom. The van der Waals surface area contributed by atoms with Gasteiger partial charge in [0.15, 0.2) is 4.32 Å². The fourth-order valence-electron chi connectivity index (χ4n) is 2.13. The van der Waals surface area contributed by atoms with Gasteiger partial charge in [0.1, 0.15) is 5.82 Å². The summed E-state index contributed by atoms with van der Waals surface area (Å²) < 4.78 is 14.5. The average Bonchev–Trinajstić information content (AvgIpc) is 2.83. The Labute approximate surface area is 155 Å². The number of hydrogen-bond acceptors (Lipinski definition) is 4. The topological polar surface area (TPSA) is 37.4 Å². The summed E-state index contributed by atoms with van der Waals surface area (Å²) in [6, 6.07) is 12.9. The van der Waals surface area contributed by atoms with Crippen LogP contribution in [0.2, 0.25) is 0 Å². The van der Waals surface area contributed by atoms with E-state index in [1.807, 2.05) is 0 Å². The van der Waals surface area contributed by atoms with E-state index in [9.17, 15) is 14.0 Å². The molecule has 3 nitrogen and oxygen atoms in total. The van der Waals surface area contributed by atoms with Gasteiger partial charge in [-0.25, -0.2) is 9.29 Å². The monoisotopic (exact) mass is 421 g/mol. The molecule has 0 radical (unpaired) electrons. The van der Waals surface area contributed by atoms with Crippen LogP contribution in [0.3, 0.4) is 0 Å². The first-order valence-electron chi connectivity index (χ1n) is 6.80. The van der Waals surface area contributed by atoms with Crippen LogP contribution in [-0.4, -0.2) is 21.0 Å². The van der Waals surface area contributed by atoms with Crippen molar-refractivity contribution in [3.8, 4) is 0 Å². The number of carbonyl (C=O) groups excluding carboxylic acids is 2. The zero-order chi connectivity index (χ0) is 17.3. The summed E-state index contributed by atoms with van der Waals surface area (Å²) in [5, 5.41) is 0. The molecule has 1 aliphatic rings. The van der Waals surface area contributed by atoms with E-state index in [-0.39, 0.29) is 14.8 Å². The number of rotatable bonds is 2. The smallest absolute Gasteiger partial charge is 0.268 e. The maximum atomic E-state index is 13.8. The maximum Gasteiger partial charge on any atom is 0.273 e. The van der Waals surface area contributed by atoms with E-state index in [1.165, 1.54) is 12.1 Å². The standard InChI is InChI=1S/C17H9BrFNO2S2/c18-12-7-3-2-6-11(12)15(21)20-16(22)14(24-17(20)23)9-10-5-1-4-8-13(10)19/h1-9H/b14-9-. The van der Waals surface area contributed by atoms with E-state index in [0.717, 1.165) is 16.7 Å². The summed E-state index contributed by atoms with van der Waals surface area (Å²) >= 11 is 9.43. The fourth-order valence-corrected chi connectivity index (χ4v) is 3.83. The zero-order valence-electron chi connectivity index (χ0n) is 12.0. The number of benzene rings is 2. The summed E-state index contributed by atoms with van der Waals surface area (Å²) in [7, 11) is 0. The van der Waals surface area contributed by atoms with E-state index >= 15 is 0 Å². The van der Waals surface area contributed by atoms with Crippen molar-refractivity contribution in [2.24, 2.45) is 0 Å². The first-order chi connectivity index (χ1) is 11.5. The predicted octanol–water partition coefficient (Wildman–Crippen LogP) is 4.63. The number of hydrogen-bond donors (Lipinski definition) is 0. The molecule has 0 saturated carbocycles. The van der Waals surface area contributed by atoms with Gasteiger partial charge in [0.25, 0.3) is 11.8 Å². The molecule has 1 aliphatic heterocycles. The second-order valence-corrected chi connectivity index (χ2v) is 7.35. The van der Waals surface area contributed by atoms with E-state index in [1.54, 1.807) is 42.5 Å². The fraction of sp³-hybridized carbons (Fsp3) is 0. The van der Waals surface area contributed by atoms with Crippen molar-refractivity contribution >= 4 is 62.1 Å². The Bertz CT molecular complexity index is 898. The highest BCUT2D eigenvalue weighted by Gasteiger charge is 2.37. The van der Waals surface area contributed by atoms with Gasteiger partial charge in [-0.05, 0) is 40.2 Å². The van der Waals surface area contributed by atoms with Gasteiger partial charge in [-0.2, -0.15) is 0 Å². The minimum Gasteiger partial charge on any atom is -0.268 e. The molecule has 0 aromatic heterocycles. The number of halogens is 2. The normalized spacial score (nSPS) is 16.1. The molecular formula is C17H9BrFNO2S2. The molecule has 1 fully saturated rings. The SMILES string of the molecule is O=C1/C(=C/c2ccccc2F)SC(=S)N1C(=O)c1ccccc1Br. The lowest BCUT2D eigenvalue weighted by molar-refractivity contribution is -0.120. The van der Waals surface area contributed by atoms with E-state index in [4.69, 9.17) is 12.2 Å². The van der Waals surface area contributed by atoms with Crippen LogP contribution in [0.25, 0.3) is 6.08 Å². The molecule has 0 N–H and O–H groups in total. The summed E-state index contributed by atoms with van der Waals surface area (Å²) in [6.07, 6.45) is 1.40. The van der Waals surface area contributed by atoms with Crippen molar-refractivity contribution in [1.82, 2.24) is 4.90 Å². The van der Waals surface area contributed by atoms with Gasteiger partial charge in [-0.3, -0.25) is 9.59 Å². The Morgan fingerprint density at radius 2 is 1.83 bits per heavy atom. The van der Waals surface area contributed by atoms with Crippen LogP contribution in [0.4, 0.5) is 4.39 Å². The van der Waals surface area contributed by atoms with Crippen molar-refractivity contribution in [1.29, 1.82) is 0 Å². The van der Waals surface area contributed by atoms with E-state index in [2.05, 4.69) is 15.9 Å². The number of nitrogens with zero attached hydrogens (tertiary/aromatic N) is 1. The first kappa shape index (κ1) is 17.0. The largest absolute Gasteiger partial charge is 0.273 e. The molecule has 120 valence electrons. The number of amides is 2. The predicted molar refractivity (Wildman–Crippen MR) is 99.9 cm³/mol. The van der Waals surface area contributed by atoms with Crippen LogP contribution in [0.5, 0.6) is 0 Å². The minimum atomic E-state index is -0.547. The zero-order valence-corrected chi connectivity index (χ0v) is 15.3. The number of thiocarbonyl (C=S) groups is 1. The summed E-state index contributed by atoms with van der Waals surface area (Å²) in [4.78, 5) is 26.3. The van der Waals surface area contributed by atoms with Crippen molar-refractivity contribution in [2.75, 3.05) is 0 Å². The lowest BCUT2D eigenvalue weighted by Gasteiger charge is -2.13. The molecule has 7 heteroatoms. The molecule has 0 atom stereocenters. The minimum absolute atomic E-state index is 0.128. The van der Waals surface area contributed by atoms with Gasteiger partial charge in [0.05, 0.1) is 10.5 Å². The Kier molecular flexibility index (Phi) is 4.93. The van der Waals surface area contributed by atoms with Crippen LogP contribution in [0, 0.1) is 5.82 Å². The third-order valence-electron chi connectivity index (χ3n) is 3.29. The molecular weight excluding hydrogens is 413 g/mol. The van der Waals surface area contributed by atoms with Gasteiger partial charge in [0, 0.05) is 10.0 Å². The van der Waals surface area contributed by atoms with Crippen molar-refractivity contribution in [3.63, 3.8) is 0 Å². The van der Waals surface area contributed by atoms with Crippen LogP contribution in [0.1, 0.15) is 15.9 Å². The van der Waals surface area contributed by atoms with Crippen molar-refractivity contribution < 1.29 is 14.0 Å². The highest BCUT2D eigenvalue weighted by molar-refractivity contribution is 9.10. The molecule has 0 unspecified atom stereocenters. The lowest BCUT2D eigenvalue weighted by Crippen LogP contribution is -2.34. The number of thioether (sulfide) groups is 1. The van der Waals surface area contributed by atoms with Gasteiger partial charge in [-0.15, -0.1) is 0 Å². The van der Waals surface area contributed by atoms with Crippen molar-refractivity contribution in [2.45, 2.75) is 0 Å². The van der Waals surface area contributed by atoms with E-state index < -0.39 is 17.6 Å². The van der Waals surface area contributed by atoms with Crippen LogP contribution < -0.4 is 0 Å². The molecule has 2 aromatic carbocycles. The molecule has 0 bridgehead atoms. The first-order valence-corrected chi connectivity index (χ1v) is 8.82. The molecule has 2 amide bonds. The molecule has 0 spiro atoms. The Morgan fingerprint density at radius 1 is 1.17 bits per heavy atom. The summed E-state index contributed by atoms with van der Waals surface area (Å²) in [5.41, 5.74) is 0.604. The van der Waals surface area contributed by atoms with Gasteiger partial charge >= 0.3 is 0 Å². The second kappa shape index (κ2) is 6.96. The van der Waals surface area contributed by atoms with Gasteiger partial charge in [-0.1, -0.05) is 54.3 Å². The molecule has 2 aromatic rings. The van der Waals surface area contributed by atoms with Crippen LogP contribution in [0.15, 0.2) is 57.9 Å². The average molecular weight is 422 g/mol. The number of carbonyl (C=O) groups is 2. The number of imide groups is 1. The second-order valence-electron chi connectivity index (χ2n) is 4.82. The van der Waals surface area contributed by atoms with Crippen LogP contribution >= 0.6 is 39.9 Å². The third-order valence-corrected chi connectivity index (χ3v) is 5.29. The maximum absolute atomic E-state index is 13.8.